The summed E-state index contributed by atoms with van der Waals surface area (Å²) in [5, 5.41) is 0. The summed E-state index contributed by atoms with van der Waals surface area (Å²) in [6, 6.07) is 14.4. The Morgan fingerprint density at radius 3 is 2.17 bits per heavy atom. The Morgan fingerprint density at radius 2 is 1.56 bits per heavy atom. The van der Waals surface area contributed by atoms with Gasteiger partial charge in [0.15, 0.2) is 0 Å². The van der Waals surface area contributed by atoms with Gasteiger partial charge in [-0.15, -0.1) is 0 Å². The van der Waals surface area contributed by atoms with E-state index in [1.807, 2.05) is 18.2 Å². The number of ether oxygens (including phenoxy) is 1. The van der Waals surface area contributed by atoms with Gasteiger partial charge in [-0.3, -0.25) is 0 Å². The lowest BCUT2D eigenvalue weighted by molar-refractivity contribution is 0.306. The van der Waals surface area contributed by atoms with Gasteiger partial charge in [0.25, 0.3) is 0 Å². The number of hydrogen-bond donors (Lipinski definition) is 1. The second kappa shape index (κ2) is 5.69. The third kappa shape index (κ3) is 3.11. The Balaban J connectivity index is 1.99. The van der Waals surface area contributed by atoms with Gasteiger partial charge in [-0.25, -0.2) is 0 Å². The summed E-state index contributed by atoms with van der Waals surface area (Å²) >= 11 is 0. The van der Waals surface area contributed by atoms with Gasteiger partial charge in [-0.1, -0.05) is 30.3 Å². The first kappa shape index (κ1) is 12.7. The molecule has 2 N–H and O–H groups in total. The van der Waals surface area contributed by atoms with E-state index >= 15 is 0 Å². The highest BCUT2D eigenvalue weighted by atomic mass is 16.5. The fraction of sp³-hybridized carbons (Fsp3) is 0.250. The zero-order chi connectivity index (χ0) is 13.0. The van der Waals surface area contributed by atoms with Crippen molar-refractivity contribution >= 4 is 0 Å². The van der Waals surface area contributed by atoms with Crippen LogP contribution in [0.4, 0.5) is 0 Å². The summed E-state index contributed by atoms with van der Waals surface area (Å²) in [4.78, 5) is 0. The molecule has 0 fully saturated rings. The first-order valence-electron chi connectivity index (χ1n) is 6.17. The molecule has 0 atom stereocenters. The molecule has 0 aliphatic rings. The highest BCUT2D eigenvalue weighted by molar-refractivity contribution is 5.34. The number of rotatable bonds is 4. The Morgan fingerprint density at radius 1 is 0.889 bits per heavy atom. The van der Waals surface area contributed by atoms with Crippen LogP contribution in [-0.2, 0) is 13.2 Å². The van der Waals surface area contributed by atoms with E-state index in [4.69, 9.17) is 10.5 Å². The minimum atomic E-state index is 0.582. The van der Waals surface area contributed by atoms with Crippen molar-refractivity contribution in [1.29, 1.82) is 0 Å². The Kier molecular flexibility index (Phi) is 4.00. The smallest absolute Gasteiger partial charge is 0.120 e. The molecule has 0 saturated carbocycles. The van der Waals surface area contributed by atoms with Crippen LogP contribution in [0.2, 0.25) is 0 Å². The second-order valence-electron chi connectivity index (χ2n) is 4.56. The molecule has 0 radical (unpaired) electrons. The highest BCUT2D eigenvalue weighted by Gasteiger charge is 1.99. The lowest BCUT2D eigenvalue weighted by atomic mass is 10.1. The molecule has 0 heterocycles. The predicted molar refractivity (Wildman–Crippen MR) is 74.6 cm³/mol. The van der Waals surface area contributed by atoms with E-state index in [1.165, 1.54) is 11.1 Å². The van der Waals surface area contributed by atoms with Crippen molar-refractivity contribution in [1.82, 2.24) is 0 Å². The lowest BCUT2D eigenvalue weighted by Gasteiger charge is -2.08. The molecule has 0 spiro atoms. The molecule has 2 rings (SSSR count). The Hall–Kier alpha value is -1.80. The highest BCUT2D eigenvalue weighted by Crippen LogP contribution is 2.17. The summed E-state index contributed by atoms with van der Waals surface area (Å²) in [6.07, 6.45) is 0. The SMILES string of the molecule is Cc1ccc(OCc2ccc(CN)cc2)cc1C. The fourth-order valence-corrected chi connectivity index (χ4v) is 1.74. The van der Waals surface area contributed by atoms with Gasteiger partial charge < -0.3 is 10.5 Å². The zero-order valence-electron chi connectivity index (χ0n) is 10.9. The number of hydrogen-bond acceptors (Lipinski definition) is 2. The van der Waals surface area contributed by atoms with E-state index in [-0.39, 0.29) is 0 Å². The summed E-state index contributed by atoms with van der Waals surface area (Å²) in [5.41, 5.74) is 10.4. The molecule has 0 aliphatic carbocycles. The molecule has 0 saturated heterocycles. The molecule has 2 aromatic rings. The van der Waals surface area contributed by atoms with Crippen molar-refractivity contribution in [3.63, 3.8) is 0 Å². The van der Waals surface area contributed by atoms with Crippen LogP contribution in [0, 0.1) is 13.8 Å². The monoisotopic (exact) mass is 241 g/mol. The molecular formula is C16H19NO. The summed E-state index contributed by atoms with van der Waals surface area (Å²) < 4.78 is 5.77. The molecule has 18 heavy (non-hydrogen) atoms. The average molecular weight is 241 g/mol. The quantitative estimate of drug-likeness (QED) is 0.891. The van der Waals surface area contributed by atoms with Crippen LogP contribution in [0.25, 0.3) is 0 Å². The molecule has 2 aromatic carbocycles. The number of nitrogens with two attached hydrogens (primary N) is 1. The molecule has 94 valence electrons. The number of aryl methyl sites for hydroxylation is 2. The molecule has 2 heteroatoms. The first-order valence-corrected chi connectivity index (χ1v) is 6.17. The van der Waals surface area contributed by atoms with Crippen LogP contribution >= 0.6 is 0 Å². The Labute approximate surface area is 108 Å². The largest absolute Gasteiger partial charge is 0.489 e. The third-order valence-electron chi connectivity index (χ3n) is 3.14. The van der Waals surface area contributed by atoms with Gasteiger partial charge in [0.1, 0.15) is 12.4 Å². The minimum Gasteiger partial charge on any atom is -0.489 e. The minimum absolute atomic E-state index is 0.582. The van der Waals surface area contributed by atoms with Gasteiger partial charge in [0.05, 0.1) is 0 Å². The van der Waals surface area contributed by atoms with E-state index in [2.05, 4.69) is 38.1 Å². The molecule has 0 aliphatic heterocycles. The summed E-state index contributed by atoms with van der Waals surface area (Å²) in [5.74, 6) is 0.918. The van der Waals surface area contributed by atoms with Crippen LogP contribution in [0.5, 0.6) is 5.75 Å². The van der Waals surface area contributed by atoms with E-state index in [0.29, 0.717) is 13.2 Å². The summed E-state index contributed by atoms with van der Waals surface area (Å²) in [6.45, 7) is 5.37. The van der Waals surface area contributed by atoms with Crippen molar-refractivity contribution in [3.8, 4) is 5.75 Å². The van der Waals surface area contributed by atoms with Crippen LogP contribution < -0.4 is 10.5 Å². The van der Waals surface area contributed by atoms with E-state index in [1.54, 1.807) is 0 Å². The maximum absolute atomic E-state index is 5.77. The van der Waals surface area contributed by atoms with Gasteiger partial charge >= 0.3 is 0 Å². The third-order valence-corrected chi connectivity index (χ3v) is 3.14. The van der Waals surface area contributed by atoms with Crippen LogP contribution in [0.3, 0.4) is 0 Å². The van der Waals surface area contributed by atoms with Crippen molar-refractivity contribution in [2.24, 2.45) is 5.73 Å². The van der Waals surface area contributed by atoms with Crippen molar-refractivity contribution in [2.75, 3.05) is 0 Å². The van der Waals surface area contributed by atoms with Gasteiger partial charge in [-0.05, 0) is 48.2 Å². The summed E-state index contributed by atoms with van der Waals surface area (Å²) in [7, 11) is 0. The molecular weight excluding hydrogens is 222 g/mol. The maximum Gasteiger partial charge on any atom is 0.120 e. The van der Waals surface area contributed by atoms with Crippen LogP contribution in [0.1, 0.15) is 22.3 Å². The van der Waals surface area contributed by atoms with Crippen LogP contribution in [0.15, 0.2) is 42.5 Å². The van der Waals surface area contributed by atoms with Gasteiger partial charge in [-0.2, -0.15) is 0 Å². The van der Waals surface area contributed by atoms with Crippen LogP contribution in [-0.4, -0.2) is 0 Å². The van der Waals surface area contributed by atoms with Crippen molar-refractivity contribution in [2.45, 2.75) is 27.0 Å². The van der Waals surface area contributed by atoms with E-state index < -0.39 is 0 Å². The standard InChI is InChI=1S/C16H19NO/c1-12-3-8-16(9-13(12)2)18-11-15-6-4-14(10-17)5-7-15/h3-9H,10-11,17H2,1-2H3. The Bertz CT molecular complexity index is 517. The zero-order valence-corrected chi connectivity index (χ0v) is 10.9. The fourth-order valence-electron chi connectivity index (χ4n) is 1.74. The molecule has 0 bridgehead atoms. The topological polar surface area (TPSA) is 35.2 Å². The molecule has 0 amide bonds. The maximum atomic E-state index is 5.77. The molecule has 0 aromatic heterocycles. The number of benzene rings is 2. The molecule has 2 nitrogen and oxygen atoms in total. The van der Waals surface area contributed by atoms with Gasteiger partial charge in [0, 0.05) is 6.54 Å². The van der Waals surface area contributed by atoms with Crippen molar-refractivity contribution < 1.29 is 4.74 Å². The first-order chi connectivity index (χ1) is 8.69. The molecule has 0 unspecified atom stereocenters. The van der Waals surface area contributed by atoms with E-state index in [9.17, 15) is 0 Å². The van der Waals surface area contributed by atoms with Crippen molar-refractivity contribution in [3.05, 3.63) is 64.7 Å². The second-order valence-corrected chi connectivity index (χ2v) is 4.56. The van der Waals surface area contributed by atoms with Gasteiger partial charge in [0.2, 0.25) is 0 Å². The normalized spacial score (nSPS) is 10.4. The predicted octanol–water partition coefficient (Wildman–Crippen LogP) is 3.34. The lowest BCUT2D eigenvalue weighted by Crippen LogP contribution is -1.98. The average Bonchev–Trinajstić information content (AvgIpc) is 2.41. The van der Waals surface area contributed by atoms with E-state index in [0.717, 1.165) is 16.9 Å².